The molecule has 4 saturated heterocycles. The first kappa shape index (κ1) is 23.0. The van der Waals surface area contributed by atoms with E-state index in [2.05, 4.69) is 61.1 Å². The van der Waals surface area contributed by atoms with E-state index in [9.17, 15) is 0 Å². The molecule has 0 N–H and O–H groups in total. The van der Waals surface area contributed by atoms with Crippen LogP contribution in [-0.2, 0) is 0 Å². The summed E-state index contributed by atoms with van der Waals surface area (Å²) >= 11 is 0. The fraction of sp³-hybridized carbons (Fsp3) is 1.00. The Bertz CT molecular complexity index is 543. The van der Waals surface area contributed by atoms with Crippen LogP contribution in [-0.4, -0.2) is 95.6 Å². The molecular weight excluding hydrogens is 368 g/mol. The fourth-order valence-electron chi connectivity index (χ4n) is 6.77. The van der Waals surface area contributed by atoms with Gasteiger partial charge in [0, 0.05) is 49.8 Å². The van der Waals surface area contributed by atoms with Crippen LogP contribution in [0.15, 0.2) is 0 Å². The predicted molar refractivity (Wildman–Crippen MR) is 128 cm³/mol. The third-order valence-corrected chi connectivity index (χ3v) is 8.99. The van der Waals surface area contributed by atoms with E-state index in [1.807, 2.05) is 0 Å². The van der Waals surface area contributed by atoms with Gasteiger partial charge in [-0.2, -0.15) is 0 Å². The monoisotopic (exact) mass is 418 g/mol. The first-order valence-corrected chi connectivity index (χ1v) is 13.0. The Kier molecular flexibility index (Phi) is 6.63. The van der Waals surface area contributed by atoms with Crippen LogP contribution in [0.25, 0.3) is 0 Å². The molecule has 4 heterocycles. The minimum absolute atomic E-state index is 0.343. The maximum absolute atomic E-state index is 2.84. The summed E-state index contributed by atoms with van der Waals surface area (Å²) in [6.45, 7) is 26.3. The molecule has 0 saturated carbocycles. The molecule has 0 aliphatic carbocycles. The van der Waals surface area contributed by atoms with E-state index in [1.165, 1.54) is 97.4 Å². The highest BCUT2D eigenvalue weighted by Crippen LogP contribution is 2.42. The molecule has 4 aliphatic heterocycles. The summed E-state index contributed by atoms with van der Waals surface area (Å²) in [5, 5.41) is 0. The summed E-state index contributed by atoms with van der Waals surface area (Å²) in [5.74, 6) is 0.947. The number of rotatable bonds is 3. The number of piperidine rings is 3. The van der Waals surface area contributed by atoms with Crippen LogP contribution in [0.3, 0.4) is 0 Å². The third kappa shape index (κ3) is 5.24. The SMILES string of the molecule is CC(C)(C)N1CCC(N2CCC(CN3CC4(CCN(C(C)(C)C)CC4)C3)CC2)CC1. The zero-order chi connectivity index (χ0) is 21.6. The van der Waals surface area contributed by atoms with Gasteiger partial charge in [0.05, 0.1) is 0 Å². The lowest BCUT2D eigenvalue weighted by atomic mass is 9.71. The lowest BCUT2D eigenvalue weighted by molar-refractivity contribution is -0.0709. The molecule has 0 unspecified atom stereocenters. The van der Waals surface area contributed by atoms with Crippen molar-refractivity contribution in [2.45, 2.75) is 97.2 Å². The maximum atomic E-state index is 2.84. The number of nitrogens with zero attached hydrogens (tertiary/aromatic N) is 4. The third-order valence-electron chi connectivity index (χ3n) is 8.99. The summed E-state index contributed by atoms with van der Waals surface area (Å²) in [6, 6.07) is 0.852. The van der Waals surface area contributed by atoms with Gasteiger partial charge in [0.2, 0.25) is 0 Å². The molecule has 0 aromatic rings. The quantitative estimate of drug-likeness (QED) is 0.682. The molecule has 4 rings (SSSR count). The Morgan fingerprint density at radius 1 is 0.667 bits per heavy atom. The molecule has 0 bridgehead atoms. The Morgan fingerprint density at radius 2 is 1.17 bits per heavy atom. The first-order chi connectivity index (χ1) is 14.0. The maximum Gasteiger partial charge on any atom is 0.0125 e. The van der Waals surface area contributed by atoms with Crippen molar-refractivity contribution in [3.63, 3.8) is 0 Å². The molecule has 4 fully saturated rings. The lowest BCUT2D eigenvalue weighted by Gasteiger charge is -2.56. The van der Waals surface area contributed by atoms with Gasteiger partial charge in [-0.15, -0.1) is 0 Å². The van der Waals surface area contributed by atoms with Crippen molar-refractivity contribution >= 4 is 0 Å². The molecule has 30 heavy (non-hydrogen) atoms. The molecule has 4 heteroatoms. The minimum atomic E-state index is 0.343. The highest BCUT2D eigenvalue weighted by Gasteiger charge is 2.46. The molecular formula is C26H50N4. The summed E-state index contributed by atoms with van der Waals surface area (Å²) in [7, 11) is 0. The molecule has 0 aromatic carbocycles. The zero-order valence-corrected chi connectivity index (χ0v) is 21.1. The van der Waals surface area contributed by atoms with E-state index in [-0.39, 0.29) is 0 Å². The molecule has 0 radical (unpaired) electrons. The van der Waals surface area contributed by atoms with Gasteiger partial charge in [-0.3, -0.25) is 9.80 Å². The van der Waals surface area contributed by atoms with Crippen LogP contribution in [0.5, 0.6) is 0 Å². The van der Waals surface area contributed by atoms with Gasteiger partial charge in [-0.25, -0.2) is 0 Å². The first-order valence-electron chi connectivity index (χ1n) is 13.0. The van der Waals surface area contributed by atoms with Crippen LogP contribution in [0.2, 0.25) is 0 Å². The average molecular weight is 419 g/mol. The molecule has 4 nitrogen and oxygen atoms in total. The Morgan fingerprint density at radius 3 is 1.67 bits per heavy atom. The van der Waals surface area contributed by atoms with Crippen LogP contribution in [0.1, 0.15) is 80.1 Å². The van der Waals surface area contributed by atoms with Gasteiger partial charge in [-0.05, 0) is 118 Å². The largest absolute Gasteiger partial charge is 0.302 e. The van der Waals surface area contributed by atoms with Crippen molar-refractivity contribution < 1.29 is 0 Å². The van der Waals surface area contributed by atoms with Gasteiger partial charge in [0.15, 0.2) is 0 Å². The van der Waals surface area contributed by atoms with E-state index in [1.54, 1.807) is 0 Å². The molecule has 174 valence electrons. The number of hydrogen-bond donors (Lipinski definition) is 0. The van der Waals surface area contributed by atoms with Crippen molar-refractivity contribution in [3.05, 3.63) is 0 Å². The second-order valence-corrected chi connectivity index (χ2v) is 13.2. The Labute approximate surface area is 187 Å². The normalized spacial score (nSPS) is 29.4. The molecule has 4 aliphatic rings. The molecule has 0 amide bonds. The van der Waals surface area contributed by atoms with Crippen LogP contribution in [0, 0.1) is 11.3 Å². The van der Waals surface area contributed by atoms with E-state index >= 15 is 0 Å². The van der Waals surface area contributed by atoms with Gasteiger partial charge in [0.25, 0.3) is 0 Å². The van der Waals surface area contributed by atoms with Crippen molar-refractivity contribution in [1.29, 1.82) is 0 Å². The molecule has 1 spiro atoms. The summed E-state index contributed by atoms with van der Waals surface area (Å²) in [4.78, 5) is 11.0. The van der Waals surface area contributed by atoms with E-state index in [0.717, 1.165) is 12.0 Å². The second-order valence-electron chi connectivity index (χ2n) is 13.2. The average Bonchev–Trinajstić information content (AvgIpc) is 2.66. The summed E-state index contributed by atoms with van der Waals surface area (Å²) in [5.41, 5.74) is 1.36. The lowest BCUT2D eigenvalue weighted by Crippen LogP contribution is -2.62. The summed E-state index contributed by atoms with van der Waals surface area (Å²) < 4.78 is 0. The standard InChI is InChI=1S/C26H50N4/c1-24(2,3)29-15-9-23(10-16-29)28-13-7-22(8-14-28)19-27-20-26(21-27)11-17-30(18-12-26)25(4,5)6/h22-23H,7-21H2,1-6H3. The summed E-state index contributed by atoms with van der Waals surface area (Å²) in [6.07, 6.45) is 8.46. The van der Waals surface area contributed by atoms with Crippen molar-refractivity contribution in [1.82, 2.24) is 19.6 Å². The smallest absolute Gasteiger partial charge is 0.0125 e. The van der Waals surface area contributed by atoms with Gasteiger partial charge >= 0.3 is 0 Å². The number of hydrogen-bond acceptors (Lipinski definition) is 4. The van der Waals surface area contributed by atoms with E-state index in [4.69, 9.17) is 0 Å². The Balaban J connectivity index is 1.13. The number of likely N-dealkylation sites (tertiary alicyclic amines) is 4. The van der Waals surface area contributed by atoms with Crippen LogP contribution >= 0.6 is 0 Å². The highest BCUT2D eigenvalue weighted by molar-refractivity contribution is 5.00. The van der Waals surface area contributed by atoms with E-state index in [0.29, 0.717) is 16.5 Å². The van der Waals surface area contributed by atoms with Crippen LogP contribution in [0.4, 0.5) is 0 Å². The second kappa shape index (κ2) is 8.65. The van der Waals surface area contributed by atoms with Crippen molar-refractivity contribution in [2.75, 3.05) is 58.9 Å². The van der Waals surface area contributed by atoms with Gasteiger partial charge < -0.3 is 9.80 Å². The van der Waals surface area contributed by atoms with Gasteiger partial charge in [0.1, 0.15) is 0 Å². The van der Waals surface area contributed by atoms with E-state index < -0.39 is 0 Å². The zero-order valence-electron chi connectivity index (χ0n) is 21.1. The van der Waals surface area contributed by atoms with Crippen molar-refractivity contribution in [2.24, 2.45) is 11.3 Å². The van der Waals surface area contributed by atoms with Crippen LogP contribution < -0.4 is 0 Å². The topological polar surface area (TPSA) is 13.0 Å². The predicted octanol–water partition coefficient (Wildman–Crippen LogP) is 4.16. The molecule has 0 atom stereocenters. The molecule has 0 aromatic heterocycles. The van der Waals surface area contributed by atoms with Crippen molar-refractivity contribution in [3.8, 4) is 0 Å². The van der Waals surface area contributed by atoms with Gasteiger partial charge in [-0.1, -0.05) is 0 Å². The Hall–Kier alpha value is -0.160. The minimum Gasteiger partial charge on any atom is -0.302 e. The fourth-order valence-corrected chi connectivity index (χ4v) is 6.77. The highest BCUT2D eigenvalue weighted by atomic mass is 15.3.